The van der Waals surface area contributed by atoms with Gasteiger partial charge < -0.3 is 5.11 Å². The lowest BCUT2D eigenvalue weighted by atomic mass is 10.3. The van der Waals surface area contributed by atoms with Crippen molar-refractivity contribution < 1.29 is 9.90 Å². The predicted octanol–water partition coefficient (Wildman–Crippen LogP) is 0.516. The Labute approximate surface area is 73.6 Å². The number of hydrogen-bond donors (Lipinski definition) is 1. The first kappa shape index (κ1) is 7.72. The van der Waals surface area contributed by atoms with E-state index >= 15 is 0 Å². The van der Waals surface area contributed by atoms with Gasteiger partial charge in [0.25, 0.3) is 0 Å². The molecule has 1 N–H and O–H groups in total. The maximum Gasteiger partial charge on any atom is 0.325 e. The SMILES string of the molecule is O=C(O)Cn1ncc2ccncc21. The van der Waals surface area contributed by atoms with Crippen LogP contribution in [0.2, 0.25) is 0 Å². The van der Waals surface area contributed by atoms with Crippen molar-refractivity contribution in [3.8, 4) is 0 Å². The molecule has 0 saturated heterocycles. The normalized spacial score (nSPS) is 10.5. The molecule has 66 valence electrons. The molecule has 13 heavy (non-hydrogen) atoms. The lowest BCUT2D eigenvalue weighted by Gasteiger charge is -1.96. The summed E-state index contributed by atoms with van der Waals surface area (Å²) in [7, 11) is 0. The molecule has 0 aliphatic carbocycles. The van der Waals surface area contributed by atoms with Crippen molar-refractivity contribution in [1.29, 1.82) is 0 Å². The smallest absolute Gasteiger partial charge is 0.325 e. The Hall–Kier alpha value is -1.91. The van der Waals surface area contributed by atoms with Crippen molar-refractivity contribution in [3.05, 3.63) is 24.7 Å². The van der Waals surface area contributed by atoms with Gasteiger partial charge in [0.05, 0.1) is 17.9 Å². The van der Waals surface area contributed by atoms with Crippen LogP contribution in [0.15, 0.2) is 24.7 Å². The third kappa shape index (κ3) is 1.35. The lowest BCUT2D eigenvalue weighted by molar-refractivity contribution is -0.137. The topological polar surface area (TPSA) is 68.0 Å². The molecule has 0 atom stereocenters. The van der Waals surface area contributed by atoms with Crippen molar-refractivity contribution >= 4 is 16.9 Å². The minimum Gasteiger partial charge on any atom is -0.480 e. The van der Waals surface area contributed by atoms with Gasteiger partial charge in [-0.15, -0.1) is 0 Å². The van der Waals surface area contributed by atoms with E-state index in [1.807, 2.05) is 0 Å². The molecule has 2 heterocycles. The van der Waals surface area contributed by atoms with Crippen LogP contribution in [0.4, 0.5) is 0 Å². The largest absolute Gasteiger partial charge is 0.480 e. The van der Waals surface area contributed by atoms with Gasteiger partial charge in [-0.3, -0.25) is 14.5 Å². The second-order valence-electron chi connectivity index (χ2n) is 2.63. The molecule has 0 aliphatic rings. The van der Waals surface area contributed by atoms with E-state index in [0.717, 1.165) is 10.9 Å². The summed E-state index contributed by atoms with van der Waals surface area (Å²) in [5.41, 5.74) is 0.741. The summed E-state index contributed by atoms with van der Waals surface area (Å²) >= 11 is 0. The van der Waals surface area contributed by atoms with E-state index in [2.05, 4.69) is 10.1 Å². The Morgan fingerprint density at radius 3 is 3.15 bits per heavy atom. The molecule has 0 unspecified atom stereocenters. The summed E-state index contributed by atoms with van der Waals surface area (Å²) in [5, 5.41) is 13.4. The Balaban J connectivity index is 2.51. The molecular weight excluding hydrogens is 170 g/mol. The quantitative estimate of drug-likeness (QED) is 0.725. The number of carboxylic acids is 1. The first-order valence-electron chi connectivity index (χ1n) is 3.75. The van der Waals surface area contributed by atoms with Gasteiger partial charge >= 0.3 is 5.97 Å². The molecule has 2 rings (SSSR count). The van der Waals surface area contributed by atoms with E-state index in [9.17, 15) is 4.79 Å². The molecule has 0 fully saturated rings. The third-order valence-corrected chi connectivity index (χ3v) is 1.73. The predicted molar refractivity (Wildman–Crippen MR) is 45.2 cm³/mol. The number of pyridine rings is 1. The fraction of sp³-hybridized carbons (Fsp3) is 0.125. The fourth-order valence-electron chi connectivity index (χ4n) is 1.17. The first-order valence-corrected chi connectivity index (χ1v) is 3.75. The average Bonchev–Trinajstić information content (AvgIpc) is 2.48. The molecule has 2 aromatic heterocycles. The number of fused-ring (bicyclic) bond motifs is 1. The molecule has 5 nitrogen and oxygen atoms in total. The highest BCUT2D eigenvalue weighted by molar-refractivity contribution is 5.79. The van der Waals surface area contributed by atoms with Gasteiger partial charge in [-0.1, -0.05) is 0 Å². The molecule has 0 amide bonds. The molecule has 5 heteroatoms. The average molecular weight is 177 g/mol. The summed E-state index contributed by atoms with van der Waals surface area (Å²) in [6.07, 6.45) is 4.88. The highest BCUT2D eigenvalue weighted by Gasteiger charge is 2.04. The van der Waals surface area contributed by atoms with Crippen LogP contribution in [-0.2, 0) is 11.3 Å². The van der Waals surface area contributed by atoms with Gasteiger partial charge in [-0.05, 0) is 6.07 Å². The Kier molecular flexibility index (Phi) is 1.70. The van der Waals surface area contributed by atoms with Crippen LogP contribution in [0.1, 0.15) is 0 Å². The standard InChI is InChI=1S/C8H7N3O2/c12-8(13)5-11-7-4-9-2-1-6(7)3-10-11/h1-4H,5H2,(H,12,13). The van der Waals surface area contributed by atoms with Crippen molar-refractivity contribution in [2.24, 2.45) is 0 Å². The van der Waals surface area contributed by atoms with Gasteiger partial charge in [-0.25, -0.2) is 0 Å². The second-order valence-corrected chi connectivity index (χ2v) is 2.63. The Morgan fingerprint density at radius 1 is 1.54 bits per heavy atom. The maximum absolute atomic E-state index is 10.4. The molecule has 0 saturated carbocycles. The van der Waals surface area contributed by atoms with Crippen molar-refractivity contribution in [3.63, 3.8) is 0 Å². The van der Waals surface area contributed by atoms with E-state index < -0.39 is 5.97 Å². The molecule has 0 spiro atoms. The summed E-state index contributed by atoms with van der Waals surface area (Å²) in [5.74, 6) is -0.908. The molecular formula is C8H7N3O2. The van der Waals surface area contributed by atoms with Gasteiger partial charge in [0, 0.05) is 11.6 Å². The van der Waals surface area contributed by atoms with Crippen molar-refractivity contribution in [2.45, 2.75) is 6.54 Å². The van der Waals surface area contributed by atoms with Gasteiger partial charge in [0.2, 0.25) is 0 Å². The minimum absolute atomic E-state index is 0.130. The second kappa shape index (κ2) is 2.85. The lowest BCUT2D eigenvalue weighted by Crippen LogP contribution is -2.09. The number of aliphatic carboxylic acids is 1. The highest BCUT2D eigenvalue weighted by atomic mass is 16.4. The summed E-state index contributed by atoms with van der Waals surface area (Å²) < 4.78 is 1.41. The zero-order valence-corrected chi connectivity index (χ0v) is 6.71. The molecule has 0 radical (unpaired) electrons. The number of nitrogens with zero attached hydrogens (tertiary/aromatic N) is 3. The van der Waals surface area contributed by atoms with Gasteiger partial charge in [0.15, 0.2) is 0 Å². The minimum atomic E-state index is -0.908. The van der Waals surface area contributed by atoms with Crippen LogP contribution < -0.4 is 0 Å². The number of carboxylic acid groups (broad SMARTS) is 1. The number of hydrogen-bond acceptors (Lipinski definition) is 3. The van der Waals surface area contributed by atoms with Crippen LogP contribution in [0.25, 0.3) is 10.9 Å². The van der Waals surface area contributed by atoms with E-state index in [1.165, 1.54) is 4.68 Å². The summed E-state index contributed by atoms with van der Waals surface area (Å²) in [4.78, 5) is 14.3. The van der Waals surface area contributed by atoms with Crippen molar-refractivity contribution in [2.75, 3.05) is 0 Å². The highest BCUT2D eigenvalue weighted by Crippen LogP contribution is 2.10. The van der Waals surface area contributed by atoms with Crippen LogP contribution in [0.5, 0.6) is 0 Å². The zero-order valence-electron chi connectivity index (χ0n) is 6.71. The van der Waals surface area contributed by atoms with Crippen LogP contribution >= 0.6 is 0 Å². The van der Waals surface area contributed by atoms with E-state index in [0.29, 0.717) is 0 Å². The van der Waals surface area contributed by atoms with E-state index in [4.69, 9.17) is 5.11 Å². The van der Waals surface area contributed by atoms with E-state index in [-0.39, 0.29) is 6.54 Å². The number of carbonyl (C=O) groups is 1. The summed E-state index contributed by atoms with van der Waals surface area (Å²) in [6.45, 7) is -0.130. The zero-order chi connectivity index (χ0) is 9.26. The third-order valence-electron chi connectivity index (χ3n) is 1.73. The first-order chi connectivity index (χ1) is 6.27. The van der Waals surface area contributed by atoms with Crippen LogP contribution in [0, 0.1) is 0 Å². The summed E-state index contributed by atoms with van der Waals surface area (Å²) in [6, 6.07) is 1.79. The number of aromatic nitrogens is 3. The number of rotatable bonds is 2. The monoisotopic (exact) mass is 177 g/mol. The molecule has 0 aromatic carbocycles. The molecule has 0 bridgehead atoms. The van der Waals surface area contributed by atoms with Crippen LogP contribution in [0.3, 0.4) is 0 Å². The van der Waals surface area contributed by atoms with E-state index in [1.54, 1.807) is 24.7 Å². The van der Waals surface area contributed by atoms with Gasteiger partial charge in [-0.2, -0.15) is 5.10 Å². The van der Waals surface area contributed by atoms with Crippen molar-refractivity contribution in [1.82, 2.24) is 14.8 Å². The Morgan fingerprint density at radius 2 is 2.38 bits per heavy atom. The maximum atomic E-state index is 10.4. The Bertz CT molecular complexity index is 449. The van der Waals surface area contributed by atoms with Crippen LogP contribution in [-0.4, -0.2) is 25.8 Å². The molecule has 2 aromatic rings. The fourth-order valence-corrected chi connectivity index (χ4v) is 1.17. The van der Waals surface area contributed by atoms with Gasteiger partial charge in [0.1, 0.15) is 6.54 Å². The molecule has 0 aliphatic heterocycles.